The van der Waals surface area contributed by atoms with Gasteiger partial charge in [0.1, 0.15) is 5.75 Å². The highest BCUT2D eigenvalue weighted by Crippen LogP contribution is 2.30. The van der Waals surface area contributed by atoms with Crippen LogP contribution in [0.2, 0.25) is 0 Å². The summed E-state index contributed by atoms with van der Waals surface area (Å²) in [6, 6.07) is 11.2. The maximum atomic E-state index is 12.6. The van der Waals surface area contributed by atoms with Gasteiger partial charge in [-0.2, -0.15) is 13.2 Å². The highest BCUT2D eigenvalue weighted by atomic mass is 19.4. The Morgan fingerprint density at radius 2 is 1.75 bits per heavy atom. The summed E-state index contributed by atoms with van der Waals surface area (Å²) >= 11 is 0. The summed E-state index contributed by atoms with van der Waals surface area (Å²) in [7, 11) is 0. The van der Waals surface area contributed by atoms with Crippen molar-refractivity contribution in [3.63, 3.8) is 0 Å². The molecule has 0 aliphatic heterocycles. The van der Waals surface area contributed by atoms with Crippen molar-refractivity contribution in [3.05, 3.63) is 59.7 Å². The first-order valence-electron chi connectivity index (χ1n) is 8.38. The normalized spacial score (nSPS) is 11.3. The molecule has 0 spiro atoms. The van der Waals surface area contributed by atoms with Crippen molar-refractivity contribution in [2.75, 3.05) is 11.9 Å². The van der Waals surface area contributed by atoms with Crippen molar-refractivity contribution in [2.24, 2.45) is 0 Å². The van der Waals surface area contributed by atoms with Crippen LogP contribution in [0.1, 0.15) is 18.1 Å². The van der Waals surface area contributed by atoms with Gasteiger partial charge in [0, 0.05) is 5.56 Å². The minimum atomic E-state index is -4.42. The number of carbonyl (C=O) groups is 1. The fourth-order valence-electron chi connectivity index (χ4n) is 2.41. The maximum Gasteiger partial charge on any atom is 0.416 e. The largest absolute Gasteiger partial charge is 0.494 e. The SMILES string of the molecule is CCOc1ccc(CC(=O)Nc2nnc(-c3ccc(C(F)(F)F)cc3)o2)cc1. The van der Waals surface area contributed by atoms with Crippen LogP contribution in [-0.2, 0) is 17.4 Å². The molecule has 3 rings (SSSR count). The number of hydrogen-bond donors (Lipinski definition) is 1. The minimum Gasteiger partial charge on any atom is -0.494 e. The maximum absolute atomic E-state index is 12.6. The lowest BCUT2D eigenvalue weighted by molar-refractivity contribution is -0.137. The Bertz CT molecular complexity index is 936. The number of hydrogen-bond acceptors (Lipinski definition) is 5. The molecule has 1 amide bonds. The lowest BCUT2D eigenvalue weighted by Crippen LogP contribution is -2.14. The van der Waals surface area contributed by atoms with Crippen LogP contribution in [0, 0.1) is 0 Å². The third-order valence-corrected chi connectivity index (χ3v) is 3.73. The van der Waals surface area contributed by atoms with Gasteiger partial charge in [0.2, 0.25) is 11.8 Å². The van der Waals surface area contributed by atoms with E-state index < -0.39 is 11.7 Å². The molecular weight excluding hydrogens is 375 g/mol. The molecule has 0 bridgehead atoms. The molecule has 0 aliphatic carbocycles. The van der Waals surface area contributed by atoms with E-state index >= 15 is 0 Å². The van der Waals surface area contributed by atoms with Crippen molar-refractivity contribution >= 4 is 11.9 Å². The second kappa shape index (κ2) is 8.12. The molecule has 0 radical (unpaired) electrons. The Morgan fingerprint density at radius 1 is 1.07 bits per heavy atom. The van der Waals surface area contributed by atoms with Gasteiger partial charge in [0.05, 0.1) is 18.6 Å². The van der Waals surface area contributed by atoms with Crippen LogP contribution in [0.15, 0.2) is 52.9 Å². The van der Waals surface area contributed by atoms with Gasteiger partial charge in [-0.05, 0) is 48.9 Å². The van der Waals surface area contributed by atoms with E-state index in [1.54, 1.807) is 24.3 Å². The fraction of sp³-hybridized carbons (Fsp3) is 0.211. The second-order valence-electron chi connectivity index (χ2n) is 5.79. The van der Waals surface area contributed by atoms with Crippen LogP contribution < -0.4 is 10.1 Å². The van der Waals surface area contributed by atoms with E-state index in [9.17, 15) is 18.0 Å². The minimum absolute atomic E-state index is 0.00471. The van der Waals surface area contributed by atoms with E-state index in [2.05, 4.69) is 15.5 Å². The average molecular weight is 391 g/mol. The number of anilines is 1. The monoisotopic (exact) mass is 391 g/mol. The van der Waals surface area contributed by atoms with Crippen LogP contribution in [0.25, 0.3) is 11.5 Å². The quantitative estimate of drug-likeness (QED) is 0.677. The number of benzene rings is 2. The molecule has 0 aliphatic rings. The lowest BCUT2D eigenvalue weighted by atomic mass is 10.1. The van der Waals surface area contributed by atoms with Crippen molar-refractivity contribution in [2.45, 2.75) is 19.5 Å². The Kier molecular flexibility index (Phi) is 5.62. The smallest absolute Gasteiger partial charge is 0.416 e. The van der Waals surface area contributed by atoms with Crippen molar-refractivity contribution in [3.8, 4) is 17.2 Å². The standard InChI is InChI=1S/C19H16F3N3O3/c1-2-27-15-9-3-12(4-10-15)11-16(26)23-18-25-24-17(28-18)13-5-7-14(8-6-13)19(20,21)22/h3-10H,2,11H2,1H3,(H,23,25,26). The Labute approximate surface area is 158 Å². The van der Waals surface area contributed by atoms with E-state index in [0.717, 1.165) is 17.7 Å². The number of alkyl halides is 3. The molecule has 1 heterocycles. The lowest BCUT2D eigenvalue weighted by Gasteiger charge is -2.06. The summed E-state index contributed by atoms with van der Waals surface area (Å²) in [6.45, 7) is 2.43. The van der Waals surface area contributed by atoms with Gasteiger partial charge < -0.3 is 9.15 Å². The molecule has 1 aromatic heterocycles. The first-order chi connectivity index (χ1) is 13.3. The number of rotatable bonds is 6. The van der Waals surface area contributed by atoms with Gasteiger partial charge in [-0.15, -0.1) is 5.10 Å². The summed E-state index contributed by atoms with van der Waals surface area (Å²) in [5, 5.41) is 9.90. The van der Waals surface area contributed by atoms with Gasteiger partial charge in [0.15, 0.2) is 0 Å². The van der Waals surface area contributed by atoms with E-state index in [4.69, 9.17) is 9.15 Å². The zero-order valence-electron chi connectivity index (χ0n) is 14.8. The second-order valence-corrected chi connectivity index (χ2v) is 5.79. The highest BCUT2D eigenvalue weighted by Gasteiger charge is 2.30. The van der Waals surface area contributed by atoms with Gasteiger partial charge >= 0.3 is 12.2 Å². The predicted molar refractivity (Wildman–Crippen MR) is 94.7 cm³/mol. The summed E-state index contributed by atoms with van der Waals surface area (Å²) in [4.78, 5) is 12.1. The van der Waals surface area contributed by atoms with Gasteiger partial charge in [0.25, 0.3) is 0 Å². The Balaban J connectivity index is 1.61. The van der Waals surface area contributed by atoms with Gasteiger partial charge in [-0.25, -0.2) is 0 Å². The van der Waals surface area contributed by atoms with E-state index in [1.165, 1.54) is 12.1 Å². The van der Waals surface area contributed by atoms with Crippen LogP contribution in [0.4, 0.5) is 19.2 Å². The highest BCUT2D eigenvalue weighted by molar-refractivity contribution is 5.90. The number of ether oxygens (including phenoxy) is 1. The molecule has 0 saturated carbocycles. The van der Waals surface area contributed by atoms with Crippen molar-refractivity contribution < 1.29 is 27.1 Å². The first kappa shape index (κ1) is 19.4. The molecule has 28 heavy (non-hydrogen) atoms. The molecule has 3 aromatic rings. The van der Waals surface area contributed by atoms with Crippen molar-refractivity contribution in [1.82, 2.24) is 10.2 Å². The Hall–Kier alpha value is -3.36. The van der Waals surface area contributed by atoms with E-state index in [0.29, 0.717) is 17.9 Å². The predicted octanol–water partition coefficient (Wildman–Crippen LogP) is 4.34. The van der Waals surface area contributed by atoms with E-state index in [-0.39, 0.29) is 24.2 Å². The van der Waals surface area contributed by atoms with Crippen LogP contribution >= 0.6 is 0 Å². The fourth-order valence-corrected chi connectivity index (χ4v) is 2.41. The molecule has 146 valence electrons. The molecule has 9 heteroatoms. The summed E-state index contributed by atoms with van der Waals surface area (Å²) < 4.78 is 48.4. The number of carbonyl (C=O) groups excluding carboxylic acids is 1. The molecule has 1 N–H and O–H groups in total. The number of nitrogens with one attached hydrogen (secondary N) is 1. The number of amides is 1. The van der Waals surface area contributed by atoms with Crippen LogP contribution in [0.5, 0.6) is 5.75 Å². The Morgan fingerprint density at radius 3 is 2.36 bits per heavy atom. The number of nitrogens with zero attached hydrogens (tertiary/aromatic N) is 2. The molecule has 0 saturated heterocycles. The molecule has 2 aromatic carbocycles. The van der Waals surface area contributed by atoms with E-state index in [1.807, 2.05) is 6.92 Å². The molecule has 0 unspecified atom stereocenters. The van der Waals surface area contributed by atoms with Crippen LogP contribution in [0.3, 0.4) is 0 Å². The third-order valence-electron chi connectivity index (χ3n) is 3.73. The van der Waals surface area contributed by atoms with Gasteiger partial charge in [-0.1, -0.05) is 17.2 Å². The molecule has 6 nitrogen and oxygen atoms in total. The van der Waals surface area contributed by atoms with Crippen LogP contribution in [-0.4, -0.2) is 22.7 Å². The topological polar surface area (TPSA) is 77.2 Å². The average Bonchev–Trinajstić information content (AvgIpc) is 3.11. The summed E-state index contributed by atoms with van der Waals surface area (Å²) in [5.41, 5.74) is 0.301. The molecular formula is C19H16F3N3O3. The zero-order chi connectivity index (χ0) is 20.1. The summed E-state index contributed by atoms with van der Waals surface area (Å²) in [6.07, 6.45) is -4.34. The number of halogens is 3. The van der Waals surface area contributed by atoms with Gasteiger partial charge in [-0.3, -0.25) is 10.1 Å². The van der Waals surface area contributed by atoms with Crippen molar-refractivity contribution in [1.29, 1.82) is 0 Å². The first-order valence-corrected chi connectivity index (χ1v) is 8.38. The zero-order valence-corrected chi connectivity index (χ0v) is 14.8. The molecule has 0 fully saturated rings. The third kappa shape index (κ3) is 4.87. The molecule has 0 atom stereocenters. The summed E-state index contributed by atoms with van der Waals surface area (Å²) in [5.74, 6) is 0.349. The number of aromatic nitrogens is 2.